The third kappa shape index (κ3) is 3.21. The first-order valence-corrected chi connectivity index (χ1v) is 5.97. The average molecular weight is 299 g/mol. The molecule has 0 aromatic heterocycles. The molecule has 0 saturated carbocycles. The topological polar surface area (TPSA) is 55.2 Å². The van der Waals surface area contributed by atoms with E-state index in [2.05, 4.69) is 5.32 Å². The molecule has 104 valence electrons. The number of nitrogens with one attached hydrogen (secondary N) is 1. The van der Waals surface area contributed by atoms with E-state index < -0.39 is 16.6 Å². The number of nitro benzene ring substituents is 1. The van der Waals surface area contributed by atoms with E-state index in [0.717, 1.165) is 18.2 Å². The van der Waals surface area contributed by atoms with Gasteiger partial charge in [0.1, 0.15) is 11.6 Å². The molecule has 0 bridgehead atoms. The quantitative estimate of drug-likeness (QED) is 0.682. The van der Waals surface area contributed by atoms with Crippen LogP contribution in [0.4, 0.5) is 20.2 Å². The van der Waals surface area contributed by atoms with E-state index in [1.54, 1.807) is 0 Å². The van der Waals surface area contributed by atoms with Crippen molar-refractivity contribution in [1.29, 1.82) is 0 Å². The summed E-state index contributed by atoms with van der Waals surface area (Å²) in [6.07, 6.45) is 0. The van der Waals surface area contributed by atoms with E-state index in [-0.39, 0.29) is 22.9 Å². The van der Waals surface area contributed by atoms with Crippen LogP contribution in [0.5, 0.6) is 0 Å². The fourth-order valence-electron chi connectivity index (χ4n) is 1.68. The molecule has 2 aromatic carbocycles. The molecule has 4 nitrogen and oxygen atoms in total. The van der Waals surface area contributed by atoms with Gasteiger partial charge in [-0.05, 0) is 30.3 Å². The highest BCUT2D eigenvalue weighted by Gasteiger charge is 2.14. The van der Waals surface area contributed by atoms with E-state index in [0.29, 0.717) is 5.56 Å². The van der Waals surface area contributed by atoms with Gasteiger partial charge in [0.25, 0.3) is 5.69 Å². The molecule has 0 fully saturated rings. The summed E-state index contributed by atoms with van der Waals surface area (Å²) in [6, 6.07) is 7.12. The van der Waals surface area contributed by atoms with Gasteiger partial charge in [-0.1, -0.05) is 11.6 Å². The van der Waals surface area contributed by atoms with E-state index in [4.69, 9.17) is 11.6 Å². The molecule has 0 aliphatic rings. The number of anilines is 1. The Morgan fingerprint density at radius 1 is 1.20 bits per heavy atom. The Bertz CT molecular complexity index is 665. The van der Waals surface area contributed by atoms with Crippen LogP contribution in [0.25, 0.3) is 0 Å². The molecule has 1 N–H and O–H groups in total. The number of rotatable bonds is 4. The molecule has 0 unspecified atom stereocenters. The van der Waals surface area contributed by atoms with Gasteiger partial charge in [0.15, 0.2) is 0 Å². The molecule has 7 heteroatoms. The summed E-state index contributed by atoms with van der Waals surface area (Å²) < 4.78 is 26.4. The first kappa shape index (κ1) is 14.2. The molecule has 0 atom stereocenters. The van der Waals surface area contributed by atoms with Crippen LogP contribution in [-0.4, -0.2) is 4.92 Å². The highest BCUT2D eigenvalue weighted by molar-refractivity contribution is 6.30. The second kappa shape index (κ2) is 5.83. The second-order valence-electron chi connectivity index (χ2n) is 4.01. The Hall–Kier alpha value is -2.21. The SMILES string of the molecule is O=[N+]([O-])c1cc(Cl)ccc1CNc1cc(F)ccc1F. The zero-order chi connectivity index (χ0) is 14.7. The number of hydrogen-bond donors (Lipinski definition) is 1. The largest absolute Gasteiger partial charge is 0.378 e. The Balaban J connectivity index is 2.23. The molecule has 0 aliphatic carbocycles. The first-order chi connectivity index (χ1) is 9.47. The maximum absolute atomic E-state index is 13.4. The molecule has 2 aromatic rings. The van der Waals surface area contributed by atoms with Crippen LogP contribution in [0.3, 0.4) is 0 Å². The second-order valence-corrected chi connectivity index (χ2v) is 4.44. The number of nitrogens with zero attached hydrogens (tertiary/aromatic N) is 1. The average Bonchev–Trinajstić information content (AvgIpc) is 2.40. The monoisotopic (exact) mass is 298 g/mol. The van der Waals surface area contributed by atoms with Gasteiger partial charge < -0.3 is 5.32 Å². The summed E-state index contributed by atoms with van der Waals surface area (Å²) in [5, 5.41) is 13.7. The molecule has 0 amide bonds. The number of nitro groups is 1. The molecule has 0 heterocycles. The first-order valence-electron chi connectivity index (χ1n) is 5.59. The molecule has 0 radical (unpaired) electrons. The lowest BCUT2D eigenvalue weighted by Gasteiger charge is -2.08. The maximum atomic E-state index is 13.4. The summed E-state index contributed by atoms with van der Waals surface area (Å²) in [6.45, 7) is -0.0200. The summed E-state index contributed by atoms with van der Waals surface area (Å²) in [7, 11) is 0. The molecule has 20 heavy (non-hydrogen) atoms. The van der Waals surface area contributed by atoms with Gasteiger partial charge in [0, 0.05) is 23.2 Å². The Morgan fingerprint density at radius 3 is 2.65 bits per heavy atom. The minimum Gasteiger partial charge on any atom is -0.378 e. The van der Waals surface area contributed by atoms with E-state index >= 15 is 0 Å². The van der Waals surface area contributed by atoms with Gasteiger partial charge >= 0.3 is 0 Å². The van der Waals surface area contributed by atoms with Crippen LogP contribution in [0, 0.1) is 21.7 Å². The fourth-order valence-corrected chi connectivity index (χ4v) is 1.85. The van der Waals surface area contributed by atoms with Gasteiger partial charge in [-0.3, -0.25) is 10.1 Å². The zero-order valence-corrected chi connectivity index (χ0v) is 10.8. The Morgan fingerprint density at radius 2 is 1.95 bits per heavy atom. The third-order valence-corrected chi connectivity index (χ3v) is 2.88. The molecule has 0 saturated heterocycles. The van der Waals surface area contributed by atoms with Crippen molar-refractivity contribution in [2.45, 2.75) is 6.54 Å². The molecular formula is C13H9ClF2N2O2. The molecular weight excluding hydrogens is 290 g/mol. The van der Waals surface area contributed by atoms with Gasteiger partial charge in [-0.25, -0.2) is 8.78 Å². The van der Waals surface area contributed by atoms with Crippen LogP contribution in [0.2, 0.25) is 5.02 Å². The van der Waals surface area contributed by atoms with Gasteiger partial charge in [0.2, 0.25) is 0 Å². The third-order valence-electron chi connectivity index (χ3n) is 2.64. The van der Waals surface area contributed by atoms with Crippen molar-refractivity contribution in [2.24, 2.45) is 0 Å². The van der Waals surface area contributed by atoms with Crippen molar-refractivity contribution in [3.05, 3.63) is 68.7 Å². The summed E-state index contributed by atoms with van der Waals surface area (Å²) in [5.74, 6) is -1.23. The highest BCUT2D eigenvalue weighted by atomic mass is 35.5. The predicted molar refractivity (Wildman–Crippen MR) is 71.8 cm³/mol. The van der Waals surface area contributed by atoms with Crippen LogP contribution in [0.1, 0.15) is 5.56 Å². The predicted octanol–water partition coefficient (Wildman–Crippen LogP) is 4.14. The lowest BCUT2D eigenvalue weighted by atomic mass is 10.1. The van der Waals surface area contributed by atoms with Gasteiger partial charge in [0.05, 0.1) is 10.6 Å². The fraction of sp³-hybridized carbons (Fsp3) is 0.0769. The Kier molecular flexibility index (Phi) is 4.14. The van der Waals surface area contributed by atoms with Gasteiger partial charge in [-0.2, -0.15) is 0 Å². The highest BCUT2D eigenvalue weighted by Crippen LogP contribution is 2.24. The van der Waals surface area contributed by atoms with Crippen molar-refractivity contribution >= 4 is 23.0 Å². The van der Waals surface area contributed by atoms with Gasteiger partial charge in [-0.15, -0.1) is 0 Å². The standard InChI is InChI=1S/C13H9ClF2N2O2/c14-9-2-1-8(13(5-9)18(19)20)7-17-12-6-10(15)3-4-11(12)16/h1-6,17H,7H2. The lowest BCUT2D eigenvalue weighted by molar-refractivity contribution is -0.385. The van der Waals surface area contributed by atoms with E-state index in [9.17, 15) is 18.9 Å². The molecule has 0 aliphatic heterocycles. The number of benzene rings is 2. The molecule has 0 spiro atoms. The smallest absolute Gasteiger partial charge is 0.275 e. The van der Waals surface area contributed by atoms with Crippen LogP contribution in [-0.2, 0) is 6.54 Å². The van der Waals surface area contributed by atoms with Crippen molar-refractivity contribution in [2.75, 3.05) is 5.32 Å². The minimum atomic E-state index is -0.636. The summed E-state index contributed by atoms with van der Waals surface area (Å²) >= 11 is 5.69. The van der Waals surface area contributed by atoms with Crippen molar-refractivity contribution < 1.29 is 13.7 Å². The minimum absolute atomic E-state index is 0.0200. The van der Waals surface area contributed by atoms with Crippen LogP contribution in [0.15, 0.2) is 36.4 Å². The van der Waals surface area contributed by atoms with Crippen LogP contribution < -0.4 is 5.32 Å². The number of hydrogen-bond acceptors (Lipinski definition) is 3. The number of halogens is 3. The maximum Gasteiger partial charge on any atom is 0.275 e. The summed E-state index contributed by atoms with van der Waals surface area (Å²) in [5.41, 5.74) is 0.0825. The van der Waals surface area contributed by atoms with Crippen molar-refractivity contribution in [3.8, 4) is 0 Å². The normalized spacial score (nSPS) is 10.3. The van der Waals surface area contributed by atoms with E-state index in [1.807, 2.05) is 0 Å². The van der Waals surface area contributed by atoms with Crippen LogP contribution >= 0.6 is 11.6 Å². The van der Waals surface area contributed by atoms with E-state index in [1.165, 1.54) is 18.2 Å². The lowest BCUT2D eigenvalue weighted by Crippen LogP contribution is -2.04. The molecule has 2 rings (SSSR count). The van der Waals surface area contributed by atoms with Crippen molar-refractivity contribution in [3.63, 3.8) is 0 Å². The van der Waals surface area contributed by atoms with Crippen molar-refractivity contribution in [1.82, 2.24) is 0 Å². The zero-order valence-electron chi connectivity index (χ0n) is 10.1. The Labute approximate surface area is 118 Å². The summed E-state index contributed by atoms with van der Waals surface area (Å²) in [4.78, 5) is 10.3.